The summed E-state index contributed by atoms with van der Waals surface area (Å²) in [5, 5.41) is 2.89. The Hall–Kier alpha value is -1.20. The molecule has 2 amide bonds. The minimum absolute atomic E-state index is 0.221. The topological polar surface area (TPSA) is 72.2 Å². The first-order chi connectivity index (χ1) is 8.40. The van der Waals surface area contributed by atoms with Crippen LogP contribution in [-0.2, 0) is 9.59 Å². The van der Waals surface area contributed by atoms with Gasteiger partial charge in [-0.05, 0) is 38.1 Å². The highest BCUT2D eigenvalue weighted by Crippen LogP contribution is 2.24. The number of amides is 2. The van der Waals surface area contributed by atoms with Gasteiger partial charge in [-0.1, -0.05) is 11.6 Å². The Morgan fingerprint density at radius 1 is 1.28 bits per heavy atom. The van der Waals surface area contributed by atoms with Crippen molar-refractivity contribution in [3.05, 3.63) is 29.3 Å². The van der Waals surface area contributed by atoms with Crippen LogP contribution in [0.25, 0.3) is 0 Å². The van der Waals surface area contributed by atoms with Crippen molar-refractivity contribution >= 4 is 35.2 Å². The molecule has 1 aromatic carbocycles. The van der Waals surface area contributed by atoms with Crippen LogP contribution in [-0.4, -0.2) is 23.1 Å². The summed E-state index contributed by atoms with van der Waals surface area (Å²) in [7, 11) is 0. The molecule has 1 rings (SSSR count). The first-order valence-electron chi connectivity index (χ1n) is 5.42. The fraction of sp³-hybridized carbons (Fsp3) is 0.333. The average Bonchev–Trinajstić information content (AvgIpc) is 2.31. The molecule has 18 heavy (non-hydrogen) atoms. The maximum atomic E-state index is 11.8. The fourth-order valence-corrected chi connectivity index (χ4v) is 2.18. The molecule has 0 saturated carbocycles. The molecule has 0 heterocycles. The number of carbonyl (C=O) groups excluding carboxylic acids is 2. The van der Waals surface area contributed by atoms with Crippen molar-refractivity contribution in [2.75, 3.05) is 0 Å². The largest absolute Gasteiger partial charge is 0.368 e. The summed E-state index contributed by atoms with van der Waals surface area (Å²) in [5.74, 6) is -0.770. The smallest absolute Gasteiger partial charge is 0.239 e. The van der Waals surface area contributed by atoms with E-state index in [0.717, 1.165) is 4.90 Å². The Morgan fingerprint density at radius 3 is 2.33 bits per heavy atom. The Bertz CT molecular complexity index is 436. The van der Waals surface area contributed by atoms with Crippen molar-refractivity contribution in [2.24, 2.45) is 5.73 Å². The third-order valence-corrected chi connectivity index (χ3v) is 3.65. The maximum absolute atomic E-state index is 11.8. The lowest BCUT2D eigenvalue weighted by Gasteiger charge is -2.15. The molecule has 1 aromatic rings. The van der Waals surface area contributed by atoms with Crippen LogP contribution in [0.2, 0.25) is 5.02 Å². The quantitative estimate of drug-likeness (QED) is 0.811. The third-order valence-electron chi connectivity index (χ3n) is 2.28. The van der Waals surface area contributed by atoms with Gasteiger partial charge in [-0.25, -0.2) is 0 Å². The minimum atomic E-state index is -0.661. The van der Waals surface area contributed by atoms with E-state index in [1.54, 1.807) is 26.0 Å². The van der Waals surface area contributed by atoms with E-state index in [1.165, 1.54) is 11.8 Å². The lowest BCUT2D eigenvalue weighted by atomic mass is 10.3. The number of primary amides is 1. The molecular weight excluding hydrogens is 272 g/mol. The van der Waals surface area contributed by atoms with Crippen molar-refractivity contribution in [2.45, 2.75) is 30.0 Å². The van der Waals surface area contributed by atoms with Crippen molar-refractivity contribution < 1.29 is 9.59 Å². The number of hydrogen-bond donors (Lipinski definition) is 2. The van der Waals surface area contributed by atoms with E-state index in [-0.39, 0.29) is 11.2 Å². The summed E-state index contributed by atoms with van der Waals surface area (Å²) >= 11 is 7.17. The molecule has 0 radical (unpaired) electrons. The number of hydrogen-bond acceptors (Lipinski definition) is 3. The van der Waals surface area contributed by atoms with E-state index >= 15 is 0 Å². The SMILES string of the molecule is CC(NC(=O)C(C)Sc1ccc(Cl)cc1)C(N)=O. The first kappa shape index (κ1) is 14.9. The van der Waals surface area contributed by atoms with Crippen LogP contribution in [0, 0.1) is 0 Å². The van der Waals surface area contributed by atoms with E-state index in [1.807, 2.05) is 12.1 Å². The summed E-state index contributed by atoms with van der Waals surface area (Å²) in [4.78, 5) is 23.5. The Balaban J connectivity index is 2.54. The second-order valence-electron chi connectivity index (χ2n) is 3.85. The molecule has 0 aliphatic rings. The Morgan fingerprint density at radius 2 is 1.83 bits per heavy atom. The molecule has 98 valence electrons. The van der Waals surface area contributed by atoms with E-state index in [9.17, 15) is 9.59 Å². The Kier molecular flexibility index (Phi) is 5.50. The molecule has 3 N–H and O–H groups in total. The van der Waals surface area contributed by atoms with Crippen LogP contribution >= 0.6 is 23.4 Å². The standard InChI is InChI=1S/C12H15ClN2O2S/c1-7(11(14)16)15-12(17)8(2)18-10-5-3-9(13)4-6-10/h3-8H,1-2H3,(H2,14,16)(H,15,17). The van der Waals surface area contributed by atoms with Gasteiger partial charge in [0.25, 0.3) is 0 Å². The van der Waals surface area contributed by atoms with Gasteiger partial charge in [-0.15, -0.1) is 11.8 Å². The van der Waals surface area contributed by atoms with E-state index in [0.29, 0.717) is 5.02 Å². The summed E-state index contributed by atoms with van der Waals surface area (Å²) in [6, 6.07) is 6.55. The maximum Gasteiger partial charge on any atom is 0.239 e. The molecule has 0 saturated heterocycles. The van der Waals surface area contributed by atoms with Gasteiger partial charge in [0.1, 0.15) is 6.04 Å². The predicted octanol–water partition coefficient (Wildman–Crippen LogP) is 1.81. The number of carbonyl (C=O) groups is 2. The summed E-state index contributed by atoms with van der Waals surface area (Å²) in [5.41, 5.74) is 5.08. The zero-order valence-corrected chi connectivity index (χ0v) is 11.7. The van der Waals surface area contributed by atoms with Gasteiger partial charge in [0.2, 0.25) is 11.8 Å². The van der Waals surface area contributed by atoms with Gasteiger partial charge < -0.3 is 11.1 Å². The van der Waals surface area contributed by atoms with Crippen LogP contribution in [0.3, 0.4) is 0 Å². The number of nitrogens with one attached hydrogen (secondary N) is 1. The molecule has 0 aliphatic heterocycles. The van der Waals surface area contributed by atoms with Crippen LogP contribution < -0.4 is 11.1 Å². The van der Waals surface area contributed by atoms with Crippen LogP contribution in [0.1, 0.15) is 13.8 Å². The lowest BCUT2D eigenvalue weighted by molar-refractivity contribution is -0.126. The van der Waals surface area contributed by atoms with Gasteiger partial charge in [-0.3, -0.25) is 9.59 Å². The van der Waals surface area contributed by atoms with Crippen molar-refractivity contribution in [3.63, 3.8) is 0 Å². The predicted molar refractivity (Wildman–Crippen MR) is 73.6 cm³/mol. The van der Waals surface area contributed by atoms with Gasteiger partial charge in [0, 0.05) is 9.92 Å². The van der Waals surface area contributed by atoms with Crippen LogP contribution in [0.15, 0.2) is 29.2 Å². The van der Waals surface area contributed by atoms with Gasteiger partial charge in [0.15, 0.2) is 0 Å². The Labute approximate surface area is 115 Å². The van der Waals surface area contributed by atoms with Gasteiger partial charge in [0.05, 0.1) is 5.25 Å². The molecule has 0 aromatic heterocycles. The highest BCUT2D eigenvalue weighted by Gasteiger charge is 2.18. The van der Waals surface area contributed by atoms with E-state index in [4.69, 9.17) is 17.3 Å². The second-order valence-corrected chi connectivity index (χ2v) is 5.70. The highest BCUT2D eigenvalue weighted by molar-refractivity contribution is 8.00. The number of nitrogens with two attached hydrogens (primary N) is 1. The van der Waals surface area contributed by atoms with E-state index < -0.39 is 11.9 Å². The van der Waals surface area contributed by atoms with Crippen molar-refractivity contribution in [1.29, 1.82) is 0 Å². The van der Waals surface area contributed by atoms with Crippen molar-refractivity contribution in [1.82, 2.24) is 5.32 Å². The van der Waals surface area contributed by atoms with Crippen LogP contribution in [0.4, 0.5) is 0 Å². The number of halogens is 1. The molecule has 6 heteroatoms. The summed E-state index contributed by atoms with van der Waals surface area (Å²) in [6.45, 7) is 3.32. The molecule has 0 bridgehead atoms. The normalized spacial score (nSPS) is 13.7. The second kappa shape index (κ2) is 6.66. The van der Waals surface area contributed by atoms with Crippen LogP contribution in [0.5, 0.6) is 0 Å². The minimum Gasteiger partial charge on any atom is -0.368 e. The van der Waals surface area contributed by atoms with Gasteiger partial charge in [-0.2, -0.15) is 0 Å². The number of benzene rings is 1. The summed E-state index contributed by atoms with van der Waals surface area (Å²) < 4.78 is 0. The first-order valence-corrected chi connectivity index (χ1v) is 6.68. The fourth-order valence-electron chi connectivity index (χ4n) is 1.17. The zero-order valence-electron chi connectivity index (χ0n) is 10.1. The third kappa shape index (κ3) is 4.58. The molecule has 0 aliphatic carbocycles. The number of thioether (sulfide) groups is 1. The molecule has 4 nitrogen and oxygen atoms in total. The average molecular weight is 287 g/mol. The lowest BCUT2D eigenvalue weighted by Crippen LogP contribution is -2.44. The summed E-state index contributed by atoms with van der Waals surface area (Å²) in [6.07, 6.45) is 0. The zero-order chi connectivity index (χ0) is 13.7. The highest BCUT2D eigenvalue weighted by atomic mass is 35.5. The molecule has 2 unspecified atom stereocenters. The molecular formula is C12H15ClN2O2S. The number of rotatable bonds is 5. The molecule has 0 spiro atoms. The monoisotopic (exact) mass is 286 g/mol. The molecule has 2 atom stereocenters. The molecule has 0 fully saturated rings. The van der Waals surface area contributed by atoms with Gasteiger partial charge >= 0.3 is 0 Å². The van der Waals surface area contributed by atoms with E-state index in [2.05, 4.69) is 5.32 Å². The van der Waals surface area contributed by atoms with Crippen molar-refractivity contribution in [3.8, 4) is 0 Å².